The van der Waals surface area contributed by atoms with Crippen molar-refractivity contribution in [3.05, 3.63) is 18.2 Å². The highest BCUT2D eigenvalue weighted by Gasteiger charge is 2.26. The van der Waals surface area contributed by atoms with Gasteiger partial charge in [0.1, 0.15) is 0 Å². The van der Waals surface area contributed by atoms with E-state index in [2.05, 4.69) is 4.90 Å². The number of benzene rings is 1. The third-order valence-corrected chi connectivity index (χ3v) is 3.84. The van der Waals surface area contributed by atoms with Crippen LogP contribution in [0.25, 0.3) is 0 Å². The van der Waals surface area contributed by atoms with Crippen LogP contribution in [-0.4, -0.2) is 39.4 Å². The highest BCUT2D eigenvalue weighted by Crippen LogP contribution is 2.34. The molecule has 1 aliphatic heterocycles. The average molecular weight is 307 g/mol. The number of hydrogen-bond donors (Lipinski definition) is 0. The first-order chi connectivity index (χ1) is 10.5. The maximum atomic E-state index is 11.8. The molecule has 0 saturated carbocycles. The van der Waals surface area contributed by atoms with Crippen molar-refractivity contribution in [1.29, 1.82) is 0 Å². The summed E-state index contributed by atoms with van der Waals surface area (Å²) in [5.74, 6) is 1.69. The summed E-state index contributed by atoms with van der Waals surface area (Å²) in [5.41, 5.74) is 1.09. The second-order valence-corrected chi connectivity index (χ2v) is 5.88. The van der Waals surface area contributed by atoms with Crippen molar-refractivity contribution in [2.75, 3.05) is 32.2 Å². The molecule has 1 atom stereocenters. The Kier molecular flexibility index (Phi) is 5.52. The van der Waals surface area contributed by atoms with Crippen LogP contribution < -0.4 is 14.4 Å². The molecule has 1 unspecified atom stereocenters. The van der Waals surface area contributed by atoms with E-state index in [1.807, 2.05) is 32.0 Å². The molecule has 1 aromatic carbocycles. The molecule has 22 heavy (non-hydrogen) atoms. The molecular weight excluding hydrogens is 282 g/mol. The summed E-state index contributed by atoms with van der Waals surface area (Å²) < 4.78 is 15.8. The summed E-state index contributed by atoms with van der Waals surface area (Å²) in [6, 6.07) is 5.92. The van der Waals surface area contributed by atoms with Crippen LogP contribution in [0.5, 0.6) is 11.5 Å². The zero-order valence-electron chi connectivity index (χ0n) is 13.8. The van der Waals surface area contributed by atoms with Gasteiger partial charge in [-0.1, -0.05) is 0 Å². The Bertz CT molecular complexity index is 515. The Labute approximate surface area is 132 Å². The van der Waals surface area contributed by atoms with Gasteiger partial charge < -0.3 is 19.1 Å². The Hall–Kier alpha value is -1.91. The number of hydrogen-bond acceptors (Lipinski definition) is 5. The summed E-state index contributed by atoms with van der Waals surface area (Å²) in [6.07, 6.45) is 1.44. The van der Waals surface area contributed by atoms with Crippen molar-refractivity contribution < 1.29 is 19.0 Å². The van der Waals surface area contributed by atoms with E-state index < -0.39 is 0 Å². The predicted molar refractivity (Wildman–Crippen MR) is 85.7 cm³/mol. The zero-order chi connectivity index (χ0) is 16.1. The lowest BCUT2D eigenvalue weighted by Crippen LogP contribution is -2.21. The van der Waals surface area contributed by atoms with Crippen LogP contribution in [0, 0.1) is 5.92 Å². The van der Waals surface area contributed by atoms with Crippen LogP contribution in [0.1, 0.15) is 26.7 Å². The summed E-state index contributed by atoms with van der Waals surface area (Å²) in [4.78, 5) is 14.0. The van der Waals surface area contributed by atoms with E-state index >= 15 is 0 Å². The fraction of sp³-hybridized carbons (Fsp3) is 0.588. The highest BCUT2D eigenvalue weighted by molar-refractivity contribution is 5.70. The molecule has 0 radical (unpaired) electrons. The Morgan fingerprint density at radius 3 is 2.64 bits per heavy atom. The second kappa shape index (κ2) is 7.38. The minimum atomic E-state index is -0.103. The fourth-order valence-electron chi connectivity index (χ4n) is 2.80. The first kappa shape index (κ1) is 16.5. The van der Waals surface area contributed by atoms with Crippen LogP contribution in [-0.2, 0) is 9.53 Å². The van der Waals surface area contributed by atoms with E-state index in [4.69, 9.17) is 14.2 Å². The number of carbonyl (C=O) groups excluding carboxylic acids is 1. The Morgan fingerprint density at radius 2 is 2.00 bits per heavy atom. The van der Waals surface area contributed by atoms with E-state index in [9.17, 15) is 4.79 Å². The van der Waals surface area contributed by atoms with E-state index in [0.29, 0.717) is 12.3 Å². The lowest BCUT2D eigenvalue weighted by molar-refractivity contribution is -0.148. The number of esters is 1. The fourth-order valence-corrected chi connectivity index (χ4v) is 2.80. The van der Waals surface area contributed by atoms with Gasteiger partial charge in [-0.05, 0) is 38.3 Å². The Morgan fingerprint density at radius 1 is 1.27 bits per heavy atom. The molecule has 2 rings (SSSR count). The molecule has 1 aliphatic rings. The van der Waals surface area contributed by atoms with Crippen molar-refractivity contribution in [3.8, 4) is 11.5 Å². The van der Waals surface area contributed by atoms with Gasteiger partial charge in [0.25, 0.3) is 0 Å². The largest absolute Gasteiger partial charge is 0.493 e. The first-order valence-electron chi connectivity index (χ1n) is 7.70. The number of carbonyl (C=O) groups is 1. The van der Waals surface area contributed by atoms with Gasteiger partial charge in [-0.2, -0.15) is 0 Å². The van der Waals surface area contributed by atoms with Crippen molar-refractivity contribution >= 4 is 11.7 Å². The van der Waals surface area contributed by atoms with Crippen molar-refractivity contribution in [1.82, 2.24) is 0 Å². The van der Waals surface area contributed by atoms with Crippen LogP contribution >= 0.6 is 0 Å². The molecule has 1 fully saturated rings. The van der Waals surface area contributed by atoms with E-state index in [1.165, 1.54) is 0 Å². The molecule has 0 spiro atoms. The number of anilines is 1. The number of nitrogens with zero attached hydrogens (tertiary/aromatic N) is 1. The van der Waals surface area contributed by atoms with Gasteiger partial charge in [-0.3, -0.25) is 4.79 Å². The van der Waals surface area contributed by atoms with Crippen molar-refractivity contribution in [2.45, 2.75) is 32.8 Å². The monoisotopic (exact) mass is 307 g/mol. The molecule has 0 amide bonds. The predicted octanol–water partition coefficient (Wildman–Crippen LogP) is 2.87. The molecule has 0 aliphatic carbocycles. The number of rotatable bonds is 6. The Balaban J connectivity index is 1.97. The number of methoxy groups -OCH3 is 2. The molecule has 1 aromatic rings. The molecular formula is C17H25NO4. The molecule has 5 heteroatoms. The quantitative estimate of drug-likeness (QED) is 0.756. The maximum Gasteiger partial charge on any atom is 0.306 e. The lowest BCUT2D eigenvalue weighted by Gasteiger charge is -2.20. The maximum absolute atomic E-state index is 11.8. The summed E-state index contributed by atoms with van der Waals surface area (Å²) in [6.45, 7) is 5.56. The van der Waals surface area contributed by atoms with Gasteiger partial charge in [0.2, 0.25) is 0 Å². The third kappa shape index (κ3) is 4.06. The van der Waals surface area contributed by atoms with Gasteiger partial charge in [0, 0.05) is 24.8 Å². The standard InChI is InChI=1S/C17H25NO4/c1-12(2)22-17(19)9-13-7-8-18(11-13)14-5-6-15(20-3)16(10-14)21-4/h5-6,10,12-13H,7-9,11H2,1-4H3. The van der Waals surface area contributed by atoms with Gasteiger partial charge in [0.15, 0.2) is 11.5 Å². The number of ether oxygens (including phenoxy) is 3. The molecule has 5 nitrogen and oxygen atoms in total. The minimum Gasteiger partial charge on any atom is -0.493 e. The summed E-state index contributed by atoms with van der Waals surface area (Å²) in [7, 11) is 3.26. The normalized spacial score (nSPS) is 17.7. The minimum absolute atomic E-state index is 0.0455. The summed E-state index contributed by atoms with van der Waals surface area (Å²) >= 11 is 0. The molecule has 0 aromatic heterocycles. The van der Waals surface area contributed by atoms with Crippen LogP contribution in [0.4, 0.5) is 5.69 Å². The van der Waals surface area contributed by atoms with E-state index in [-0.39, 0.29) is 12.1 Å². The molecule has 0 bridgehead atoms. The van der Waals surface area contributed by atoms with Crippen molar-refractivity contribution in [3.63, 3.8) is 0 Å². The van der Waals surface area contributed by atoms with Gasteiger partial charge in [-0.25, -0.2) is 0 Å². The molecule has 122 valence electrons. The topological polar surface area (TPSA) is 48.0 Å². The van der Waals surface area contributed by atoms with Gasteiger partial charge in [0.05, 0.1) is 26.7 Å². The highest BCUT2D eigenvalue weighted by atomic mass is 16.5. The molecule has 1 saturated heterocycles. The average Bonchev–Trinajstić information content (AvgIpc) is 2.93. The van der Waals surface area contributed by atoms with E-state index in [1.54, 1.807) is 14.2 Å². The first-order valence-corrected chi connectivity index (χ1v) is 7.70. The SMILES string of the molecule is COc1ccc(N2CCC(CC(=O)OC(C)C)C2)cc1OC. The van der Waals surface area contributed by atoms with Gasteiger partial charge in [-0.15, -0.1) is 0 Å². The van der Waals surface area contributed by atoms with Crippen LogP contribution in [0.15, 0.2) is 18.2 Å². The van der Waals surface area contributed by atoms with Gasteiger partial charge >= 0.3 is 5.97 Å². The van der Waals surface area contributed by atoms with Crippen LogP contribution in [0.3, 0.4) is 0 Å². The van der Waals surface area contributed by atoms with Crippen LogP contribution in [0.2, 0.25) is 0 Å². The zero-order valence-corrected chi connectivity index (χ0v) is 13.8. The lowest BCUT2D eigenvalue weighted by atomic mass is 10.1. The van der Waals surface area contributed by atoms with Crippen molar-refractivity contribution in [2.24, 2.45) is 5.92 Å². The smallest absolute Gasteiger partial charge is 0.306 e. The van der Waals surface area contributed by atoms with E-state index in [0.717, 1.165) is 36.7 Å². The second-order valence-electron chi connectivity index (χ2n) is 5.88. The molecule has 0 N–H and O–H groups in total. The third-order valence-electron chi connectivity index (χ3n) is 3.84. The summed E-state index contributed by atoms with van der Waals surface area (Å²) in [5, 5.41) is 0. The molecule has 1 heterocycles.